The van der Waals surface area contributed by atoms with Crippen LogP contribution in [0.2, 0.25) is 0 Å². The van der Waals surface area contributed by atoms with Gasteiger partial charge in [-0.1, -0.05) is 31.5 Å². The van der Waals surface area contributed by atoms with Crippen molar-refractivity contribution in [1.29, 1.82) is 0 Å². The second kappa shape index (κ2) is 6.55. The molecule has 4 nitrogen and oxygen atoms in total. The Balaban J connectivity index is 1.89. The molecule has 1 aliphatic carbocycles. The molecule has 1 aromatic carbocycles. The van der Waals surface area contributed by atoms with Crippen LogP contribution in [-0.4, -0.2) is 23.0 Å². The highest BCUT2D eigenvalue weighted by molar-refractivity contribution is 5.89. The van der Waals surface area contributed by atoms with E-state index in [9.17, 15) is 9.59 Å². The smallest absolute Gasteiger partial charge is 0.335 e. The summed E-state index contributed by atoms with van der Waals surface area (Å²) in [6.07, 6.45) is 4.21. The fourth-order valence-electron chi connectivity index (χ4n) is 2.83. The third-order valence-corrected chi connectivity index (χ3v) is 4.08. The van der Waals surface area contributed by atoms with Gasteiger partial charge in [0.05, 0.1) is 5.56 Å². The van der Waals surface area contributed by atoms with Crippen molar-refractivity contribution in [2.45, 2.75) is 45.1 Å². The Morgan fingerprint density at radius 1 is 1.30 bits per heavy atom. The topological polar surface area (TPSA) is 66.4 Å². The first-order valence-electron chi connectivity index (χ1n) is 7.18. The average Bonchev–Trinajstić information content (AvgIpc) is 2.82. The number of carboxylic acids is 1. The van der Waals surface area contributed by atoms with Crippen molar-refractivity contribution in [1.82, 2.24) is 5.32 Å². The van der Waals surface area contributed by atoms with E-state index in [0.717, 1.165) is 12.0 Å². The van der Waals surface area contributed by atoms with E-state index < -0.39 is 5.97 Å². The molecular formula is C16H21NO3. The number of aromatic carboxylic acids is 1. The lowest BCUT2D eigenvalue weighted by Gasteiger charge is -2.17. The second-order valence-corrected chi connectivity index (χ2v) is 5.54. The number of carbonyl (C=O) groups excluding carboxylic acids is 1. The summed E-state index contributed by atoms with van der Waals surface area (Å²) >= 11 is 0. The molecule has 2 rings (SSSR count). The molecule has 0 spiro atoms. The number of hydrogen-bond donors (Lipinski definition) is 2. The molecule has 0 aromatic heterocycles. The van der Waals surface area contributed by atoms with Crippen molar-refractivity contribution in [3.05, 3.63) is 35.4 Å². The molecule has 2 unspecified atom stereocenters. The van der Waals surface area contributed by atoms with Crippen LogP contribution in [0, 0.1) is 5.92 Å². The summed E-state index contributed by atoms with van der Waals surface area (Å²) in [7, 11) is 0. The van der Waals surface area contributed by atoms with Gasteiger partial charge in [-0.15, -0.1) is 0 Å². The molecule has 0 radical (unpaired) electrons. The number of carboxylic acid groups (broad SMARTS) is 1. The number of amides is 1. The molecule has 1 saturated carbocycles. The summed E-state index contributed by atoms with van der Waals surface area (Å²) in [6, 6.07) is 7.15. The summed E-state index contributed by atoms with van der Waals surface area (Å²) in [6.45, 7) is 2.16. The number of nitrogens with one attached hydrogen (secondary N) is 1. The van der Waals surface area contributed by atoms with Crippen LogP contribution in [0.25, 0.3) is 0 Å². The van der Waals surface area contributed by atoms with Crippen LogP contribution < -0.4 is 5.32 Å². The van der Waals surface area contributed by atoms with Crippen LogP contribution in [0.4, 0.5) is 0 Å². The normalized spacial score (nSPS) is 21.6. The zero-order chi connectivity index (χ0) is 14.5. The van der Waals surface area contributed by atoms with Crippen LogP contribution in [0.3, 0.4) is 0 Å². The SMILES string of the molecule is CC1CCCC1NC(=O)CCc1ccccc1C(=O)O. The minimum Gasteiger partial charge on any atom is -0.478 e. The van der Waals surface area contributed by atoms with Crippen molar-refractivity contribution in [2.75, 3.05) is 0 Å². The van der Waals surface area contributed by atoms with Gasteiger partial charge in [-0.2, -0.15) is 0 Å². The van der Waals surface area contributed by atoms with Gasteiger partial charge in [0.2, 0.25) is 5.91 Å². The number of rotatable bonds is 5. The zero-order valence-corrected chi connectivity index (χ0v) is 11.8. The van der Waals surface area contributed by atoms with E-state index in [0.29, 0.717) is 18.8 Å². The predicted octanol–water partition coefficient (Wildman–Crippen LogP) is 2.62. The van der Waals surface area contributed by atoms with E-state index in [-0.39, 0.29) is 17.5 Å². The van der Waals surface area contributed by atoms with Crippen molar-refractivity contribution in [2.24, 2.45) is 5.92 Å². The van der Waals surface area contributed by atoms with Crippen LogP contribution in [-0.2, 0) is 11.2 Å². The summed E-state index contributed by atoms with van der Waals surface area (Å²) in [4.78, 5) is 23.0. The van der Waals surface area contributed by atoms with Gasteiger partial charge < -0.3 is 10.4 Å². The lowest BCUT2D eigenvalue weighted by molar-refractivity contribution is -0.122. The van der Waals surface area contributed by atoms with E-state index in [2.05, 4.69) is 12.2 Å². The Hall–Kier alpha value is -1.84. The summed E-state index contributed by atoms with van der Waals surface area (Å²) in [5.41, 5.74) is 1.00. The van der Waals surface area contributed by atoms with Crippen LogP contribution in [0.1, 0.15) is 48.5 Å². The molecule has 1 fully saturated rings. The van der Waals surface area contributed by atoms with Crippen LogP contribution in [0.5, 0.6) is 0 Å². The van der Waals surface area contributed by atoms with Gasteiger partial charge in [-0.05, 0) is 36.8 Å². The van der Waals surface area contributed by atoms with E-state index in [4.69, 9.17) is 5.11 Å². The Morgan fingerprint density at radius 3 is 2.70 bits per heavy atom. The highest BCUT2D eigenvalue weighted by Crippen LogP contribution is 2.24. The molecule has 1 aromatic rings. The summed E-state index contributed by atoms with van der Waals surface area (Å²) in [5.74, 6) is -0.375. The maximum atomic E-state index is 11.9. The molecule has 20 heavy (non-hydrogen) atoms. The van der Waals surface area contributed by atoms with Crippen LogP contribution in [0.15, 0.2) is 24.3 Å². The van der Waals surface area contributed by atoms with E-state index >= 15 is 0 Å². The van der Waals surface area contributed by atoms with Crippen molar-refractivity contribution < 1.29 is 14.7 Å². The molecule has 0 saturated heterocycles. The van der Waals surface area contributed by atoms with Crippen molar-refractivity contribution in [3.63, 3.8) is 0 Å². The monoisotopic (exact) mass is 275 g/mol. The minimum absolute atomic E-state index is 0.0175. The predicted molar refractivity (Wildman–Crippen MR) is 76.7 cm³/mol. The molecule has 1 amide bonds. The quantitative estimate of drug-likeness (QED) is 0.868. The molecule has 0 aliphatic heterocycles. The Kier molecular flexibility index (Phi) is 4.77. The fourth-order valence-corrected chi connectivity index (χ4v) is 2.83. The zero-order valence-electron chi connectivity index (χ0n) is 11.8. The van der Waals surface area contributed by atoms with Crippen molar-refractivity contribution in [3.8, 4) is 0 Å². The number of hydrogen-bond acceptors (Lipinski definition) is 2. The van der Waals surface area contributed by atoms with Gasteiger partial charge in [0, 0.05) is 12.5 Å². The first kappa shape index (κ1) is 14.6. The number of carbonyl (C=O) groups is 2. The molecular weight excluding hydrogens is 254 g/mol. The maximum Gasteiger partial charge on any atom is 0.335 e. The number of benzene rings is 1. The van der Waals surface area contributed by atoms with Gasteiger partial charge in [-0.25, -0.2) is 4.79 Å². The van der Waals surface area contributed by atoms with E-state index in [1.807, 2.05) is 0 Å². The van der Waals surface area contributed by atoms with Gasteiger partial charge in [0.25, 0.3) is 0 Å². The lowest BCUT2D eigenvalue weighted by atomic mass is 10.0. The molecule has 0 bridgehead atoms. The molecule has 2 N–H and O–H groups in total. The Bertz CT molecular complexity index is 498. The van der Waals surface area contributed by atoms with Gasteiger partial charge in [-0.3, -0.25) is 4.79 Å². The first-order chi connectivity index (χ1) is 9.58. The van der Waals surface area contributed by atoms with Crippen molar-refractivity contribution >= 4 is 11.9 Å². The molecule has 4 heteroatoms. The third-order valence-electron chi connectivity index (χ3n) is 4.08. The minimum atomic E-state index is -0.939. The van der Waals surface area contributed by atoms with Gasteiger partial charge >= 0.3 is 5.97 Å². The fraction of sp³-hybridized carbons (Fsp3) is 0.500. The summed E-state index contributed by atoms with van der Waals surface area (Å²) < 4.78 is 0. The van der Waals surface area contributed by atoms with E-state index in [1.165, 1.54) is 12.8 Å². The number of aryl methyl sites for hydroxylation is 1. The van der Waals surface area contributed by atoms with E-state index in [1.54, 1.807) is 24.3 Å². The maximum absolute atomic E-state index is 11.9. The van der Waals surface area contributed by atoms with Gasteiger partial charge in [0.1, 0.15) is 0 Å². The Labute approximate surface area is 119 Å². The standard InChI is InChI=1S/C16H21NO3/c1-11-5-4-8-14(11)17-15(18)10-9-12-6-2-3-7-13(12)16(19)20/h2-3,6-7,11,14H,4-5,8-10H2,1H3,(H,17,18)(H,19,20). The molecule has 2 atom stereocenters. The molecule has 108 valence electrons. The van der Waals surface area contributed by atoms with Crippen LogP contribution >= 0.6 is 0 Å². The summed E-state index contributed by atoms with van der Waals surface area (Å²) in [5, 5.41) is 12.2. The Morgan fingerprint density at radius 2 is 2.05 bits per heavy atom. The molecule has 1 aliphatic rings. The molecule has 0 heterocycles. The first-order valence-corrected chi connectivity index (χ1v) is 7.18. The second-order valence-electron chi connectivity index (χ2n) is 5.54. The largest absolute Gasteiger partial charge is 0.478 e. The highest BCUT2D eigenvalue weighted by Gasteiger charge is 2.24. The highest BCUT2D eigenvalue weighted by atomic mass is 16.4. The lowest BCUT2D eigenvalue weighted by Crippen LogP contribution is -2.36. The van der Waals surface area contributed by atoms with Gasteiger partial charge in [0.15, 0.2) is 0 Å². The average molecular weight is 275 g/mol. The third kappa shape index (κ3) is 3.59.